The lowest BCUT2D eigenvalue weighted by Crippen LogP contribution is -2.15. The first-order valence-electron chi connectivity index (χ1n) is 7.18. The van der Waals surface area contributed by atoms with Gasteiger partial charge in [-0.1, -0.05) is 44.2 Å². The minimum Gasteiger partial charge on any atom is -0.482 e. The van der Waals surface area contributed by atoms with Crippen LogP contribution in [0.15, 0.2) is 18.2 Å². The zero-order chi connectivity index (χ0) is 14.8. The summed E-state index contributed by atoms with van der Waals surface area (Å²) in [6.07, 6.45) is 5.69. The molecule has 0 aliphatic carbocycles. The molecule has 0 radical (unpaired) electrons. The topological polar surface area (TPSA) is 35.5 Å². The van der Waals surface area contributed by atoms with E-state index in [1.165, 1.54) is 19.3 Å². The van der Waals surface area contributed by atoms with Crippen molar-refractivity contribution in [2.24, 2.45) is 0 Å². The van der Waals surface area contributed by atoms with Crippen LogP contribution >= 0.6 is 11.6 Å². The van der Waals surface area contributed by atoms with Crippen LogP contribution in [0.5, 0.6) is 5.75 Å². The number of halogens is 1. The van der Waals surface area contributed by atoms with Crippen LogP contribution in [0.3, 0.4) is 0 Å². The van der Waals surface area contributed by atoms with E-state index >= 15 is 0 Å². The van der Waals surface area contributed by atoms with Gasteiger partial charge < -0.3 is 9.47 Å². The van der Waals surface area contributed by atoms with Gasteiger partial charge in [0.1, 0.15) is 5.75 Å². The van der Waals surface area contributed by atoms with E-state index in [1.807, 2.05) is 6.92 Å². The molecule has 0 saturated carbocycles. The number of benzene rings is 1. The molecule has 0 saturated heterocycles. The molecule has 0 spiro atoms. The van der Waals surface area contributed by atoms with E-state index in [9.17, 15) is 4.79 Å². The maximum Gasteiger partial charge on any atom is 0.344 e. The summed E-state index contributed by atoms with van der Waals surface area (Å²) in [5.74, 6) is 0.337. The van der Waals surface area contributed by atoms with Crippen LogP contribution in [-0.4, -0.2) is 19.2 Å². The van der Waals surface area contributed by atoms with Crippen molar-refractivity contribution in [3.05, 3.63) is 28.8 Å². The van der Waals surface area contributed by atoms with Crippen molar-refractivity contribution in [3.63, 3.8) is 0 Å². The maximum atomic E-state index is 11.5. The van der Waals surface area contributed by atoms with E-state index < -0.39 is 0 Å². The molecule has 0 aliphatic rings. The molecule has 1 rings (SSSR count). The van der Waals surface area contributed by atoms with E-state index in [0.29, 0.717) is 17.4 Å². The monoisotopic (exact) mass is 298 g/mol. The van der Waals surface area contributed by atoms with Crippen molar-refractivity contribution in [2.45, 2.75) is 46.0 Å². The van der Waals surface area contributed by atoms with Gasteiger partial charge in [-0.25, -0.2) is 4.79 Å². The highest BCUT2D eigenvalue weighted by Gasteiger charge is 2.06. The van der Waals surface area contributed by atoms with E-state index in [-0.39, 0.29) is 12.6 Å². The number of unbranched alkanes of at least 4 members (excludes halogenated alkanes) is 4. The van der Waals surface area contributed by atoms with Gasteiger partial charge in [-0.2, -0.15) is 0 Å². The normalized spacial score (nSPS) is 10.3. The fourth-order valence-corrected chi connectivity index (χ4v) is 2.07. The molecule has 1 aromatic carbocycles. The molecule has 0 N–H and O–H groups in total. The number of esters is 1. The molecule has 0 bridgehead atoms. The van der Waals surface area contributed by atoms with Gasteiger partial charge >= 0.3 is 5.97 Å². The van der Waals surface area contributed by atoms with Crippen molar-refractivity contribution in [2.75, 3.05) is 13.2 Å². The van der Waals surface area contributed by atoms with Crippen LogP contribution in [-0.2, 0) is 9.53 Å². The average Bonchev–Trinajstić information content (AvgIpc) is 2.41. The minimum atomic E-state index is -0.324. The van der Waals surface area contributed by atoms with Gasteiger partial charge in [-0.15, -0.1) is 0 Å². The van der Waals surface area contributed by atoms with Gasteiger partial charge in [0.25, 0.3) is 0 Å². The second-order valence-corrected chi connectivity index (χ2v) is 5.27. The molecule has 112 valence electrons. The van der Waals surface area contributed by atoms with E-state index in [4.69, 9.17) is 21.1 Å². The predicted octanol–water partition coefficient (Wildman–Crippen LogP) is 4.54. The lowest BCUT2D eigenvalue weighted by Gasteiger charge is -2.09. The zero-order valence-corrected chi connectivity index (χ0v) is 13.0. The molecule has 0 amide bonds. The molecule has 0 aliphatic heterocycles. The lowest BCUT2D eigenvalue weighted by atomic mass is 10.2. The van der Waals surface area contributed by atoms with E-state index in [1.54, 1.807) is 18.2 Å². The molecule has 0 aromatic heterocycles. The third-order valence-electron chi connectivity index (χ3n) is 2.99. The Morgan fingerprint density at radius 1 is 1.20 bits per heavy atom. The van der Waals surface area contributed by atoms with Crippen LogP contribution in [0.1, 0.15) is 44.6 Å². The number of aryl methyl sites for hydroxylation is 1. The third-order valence-corrected chi connectivity index (χ3v) is 3.23. The Balaban J connectivity index is 2.16. The van der Waals surface area contributed by atoms with Crippen molar-refractivity contribution < 1.29 is 14.3 Å². The molecule has 0 unspecified atom stereocenters. The summed E-state index contributed by atoms with van der Waals surface area (Å²) in [4.78, 5) is 11.5. The predicted molar refractivity (Wildman–Crippen MR) is 81.4 cm³/mol. The highest BCUT2D eigenvalue weighted by atomic mass is 35.5. The Bertz CT molecular complexity index is 418. The molecular formula is C16H23ClO3. The summed E-state index contributed by atoms with van der Waals surface area (Å²) in [5, 5.41) is 0.657. The number of rotatable bonds is 9. The Hall–Kier alpha value is -1.22. The van der Waals surface area contributed by atoms with Crippen molar-refractivity contribution in [3.8, 4) is 5.75 Å². The quantitative estimate of drug-likeness (QED) is 0.496. The van der Waals surface area contributed by atoms with Gasteiger partial charge in [-0.05, 0) is 37.1 Å². The van der Waals surface area contributed by atoms with Gasteiger partial charge in [0.15, 0.2) is 6.61 Å². The molecular weight excluding hydrogens is 276 g/mol. The molecule has 0 heterocycles. The van der Waals surface area contributed by atoms with Crippen LogP contribution < -0.4 is 4.74 Å². The Morgan fingerprint density at radius 3 is 2.65 bits per heavy atom. The number of hydrogen-bond donors (Lipinski definition) is 0. The Morgan fingerprint density at radius 2 is 1.95 bits per heavy atom. The lowest BCUT2D eigenvalue weighted by molar-refractivity contribution is -0.146. The first-order valence-corrected chi connectivity index (χ1v) is 7.56. The molecule has 3 nitrogen and oxygen atoms in total. The summed E-state index contributed by atoms with van der Waals surface area (Å²) < 4.78 is 10.5. The van der Waals surface area contributed by atoms with Crippen LogP contribution in [0.25, 0.3) is 0 Å². The fraction of sp³-hybridized carbons (Fsp3) is 0.562. The standard InChI is InChI=1S/C16H23ClO3/c1-3-4-5-6-7-10-19-16(18)12-20-15-9-8-14(17)11-13(15)2/h8-9,11H,3-7,10,12H2,1-2H3. The second-order valence-electron chi connectivity index (χ2n) is 4.83. The van der Waals surface area contributed by atoms with E-state index in [0.717, 1.165) is 18.4 Å². The van der Waals surface area contributed by atoms with Gasteiger partial charge in [0, 0.05) is 5.02 Å². The molecule has 1 aromatic rings. The third kappa shape index (κ3) is 6.80. The minimum absolute atomic E-state index is 0.0581. The molecule has 0 atom stereocenters. The molecule has 4 heteroatoms. The van der Waals surface area contributed by atoms with Crippen LogP contribution in [0, 0.1) is 6.92 Å². The smallest absolute Gasteiger partial charge is 0.344 e. The van der Waals surface area contributed by atoms with E-state index in [2.05, 4.69) is 6.92 Å². The summed E-state index contributed by atoms with van der Waals surface area (Å²) in [6, 6.07) is 5.30. The number of ether oxygens (including phenoxy) is 2. The first-order chi connectivity index (χ1) is 9.63. The molecule has 0 fully saturated rings. The van der Waals surface area contributed by atoms with Crippen molar-refractivity contribution >= 4 is 17.6 Å². The fourth-order valence-electron chi connectivity index (χ4n) is 1.84. The Kier molecular flexibility index (Phi) is 8.12. The SMILES string of the molecule is CCCCCCCOC(=O)COc1ccc(Cl)cc1C. The highest BCUT2D eigenvalue weighted by Crippen LogP contribution is 2.21. The summed E-state index contributed by atoms with van der Waals surface area (Å²) in [6.45, 7) is 4.49. The summed E-state index contributed by atoms with van der Waals surface area (Å²) in [7, 11) is 0. The first kappa shape index (κ1) is 16.8. The highest BCUT2D eigenvalue weighted by molar-refractivity contribution is 6.30. The van der Waals surface area contributed by atoms with Gasteiger partial charge in [0.05, 0.1) is 6.61 Å². The summed E-state index contributed by atoms with van der Waals surface area (Å²) in [5.41, 5.74) is 0.907. The summed E-state index contributed by atoms with van der Waals surface area (Å²) >= 11 is 5.85. The number of hydrogen-bond acceptors (Lipinski definition) is 3. The van der Waals surface area contributed by atoms with Gasteiger partial charge in [0.2, 0.25) is 0 Å². The second kappa shape index (κ2) is 9.65. The zero-order valence-electron chi connectivity index (χ0n) is 12.3. The molecule has 20 heavy (non-hydrogen) atoms. The average molecular weight is 299 g/mol. The van der Waals surface area contributed by atoms with Gasteiger partial charge in [-0.3, -0.25) is 0 Å². The number of carbonyl (C=O) groups is 1. The Labute approximate surface area is 126 Å². The maximum absolute atomic E-state index is 11.5. The van der Waals surface area contributed by atoms with Crippen molar-refractivity contribution in [1.82, 2.24) is 0 Å². The largest absolute Gasteiger partial charge is 0.482 e. The van der Waals surface area contributed by atoms with Crippen LogP contribution in [0.2, 0.25) is 5.02 Å². The van der Waals surface area contributed by atoms with Crippen LogP contribution in [0.4, 0.5) is 0 Å². The number of carbonyl (C=O) groups excluding carboxylic acids is 1. The van der Waals surface area contributed by atoms with Crippen molar-refractivity contribution in [1.29, 1.82) is 0 Å².